The maximum Gasteiger partial charge on any atom is 0.157 e. The molecule has 2 heterocycles. The normalized spacial score (nSPS) is 16.7. The summed E-state index contributed by atoms with van der Waals surface area (Å²) in [5.74, 6) is 0. The lowest BCUT2D eigenvalue weighted by atomic mass is 10.1. The number of fused-ring (bicyclic) bond motifs is 1. The Labute approximate surface area is 128 Å². The molecule has 0 bridgehead atoms. The summed E-state index contributed by atoms with van der Waals surface area (Å²) in [7, 11) is 0. The lowest BCUT2D eigenvalue weighted by Gasteiger charge is -2.06. The molecule has 1 unspecified atom stereocenters. The van der Waals surface area contributed by atoms with Gasteiger partial charge in [-0.1, -0.05) is 24.7 Å². The third-order valence-corrected chi connectivity index (χ3v) is 6.29. The van der Waals surface area contributed by atoms with Crippen LogP contribution in [0.5, 0.6) is 0 Å². The van der Waals surface area contributed by atoms with E-state index >= 15 is 0 Å². The van der Waals surface area contributed by atoms with Crippen LogP contribution >= 0.6 is 22.7 Å². The summed E-state index contributed by atoms with van der Waals surface area (Å²) in [6, 6.07) is 2.65. The van der Waals surface area contributed by atoms with Gasteiger partial charge in [0.15, 0.2) is 5.01 Å². The number of hydrogen-bond donors (Lipinski definition) is 1. The maximum atomic E-state index is 4.40. The average molecular weight is 307 g/mol. The van der Waals surface area contributed by atoms with Gasteiger partial charge >= 0.3 is 0 Å². The van der Waals surface area contributed by atoms with Gasteiger partial charge in [-0.3, -0.25) is 0 Å². The Hall–Kier alpha value is -0.780. The van der Waals surface area contributed by atoms with Crippen LogP contribution in [0.15, 0.2) is 6.07 Å². The highest BCUT2D eigenvalue weighted by Crippen LogP contribution is 2.37. The molecule has 2 aromatic heterocycles. The van der Waals surface area contributed by atoms with Crippen molar-refractivity contribution >= 4 is 22.7 Å². The molecule has 0 aromatic carbocycles. The number of hydrogen-bond acceptors (Lipinski definition) is 5. The van der Waals surface area contributed by atoms with Crippen LogP contribution in [-0.4, -0.2) is 16.7 Å². The lowest BCUT2D eigenvalue weighted by molar-refractivity contribution is 0.590. The second-order valence-corrected chi connectivity index (χ2v) is 7.49. The quantitative estimate of drug-likeness (QED) is 0.860. The minimum Gasteiger partial charge on any atom is -0.308 e. The molecule has 0 amide bonds. The number of aryl methyl sites for hydroxylation is 2. The van der Waals surface area contributed by atoms with Crippen LogP contribution in [0, 0.1) is 0 Å². The summed E-state index contributed by atoms with van der Waals surface area (Å²) in [4.78, 5) is 2.89. The van der Waals surface area contributed by atoms with E-state index in [0.29, 0.717) is 6.04 Å². The third kappa shape index (κ3) is 2.95. The van der Waals surface area contributed by atoms with Crippen LogP contribution in [0.4, 0.5) is 0 Å². The first-order valence-corrected chi connectivity index (χ1v) is 9.10. The highest BCUT2D eigenvalue weighted by molar-refractivity contribution is 7.21. The van der Waals surface area contributed by atoms with Gasteiger partial charge < -0.3 is 5.32 Å². The molecule has 5 heteroatoms. The fourth-order valence-electron chi connectivity index (χ4n) is 2.68. The monoisotopic (exact) mass is 307 g/mol. The van der Waals surface area contributed by atoms with Gasteiger partial charge in [-0.05, 0) is 50.8 Å². The van der Waals surface area contributed by atoms with Crippen LogP contribution in [0.3, 0.4) is 0 Å². The van der Waals surface area contributed by atoms with E-state index in [0.717, 1.165) is 16.6 Å². The van der Waals surface area contributed by atoms with Crippen molar-refractivity contribution in [2.45, 2.75) is 52.0 Å². The Morgan fingerprint density at radius 1 is 1.20 bits per heavy atom. The van der Waals surface area contributed by atoms with Crippen molar-refractivity contribution in [2.75, 3.05) is 6.54 Å². The molecule has 108 valence electrons. The second-order valence-electron chi connectivity index (χ2n) is 5.34. The predicted molar refractivity (Wildman–Crippen MR) is 86.6 cm³/mol. The highest BCUT2D eigenvalue weighted by atomic mass is 32.1. The number of rotatable bonds is 4. The summed E-state index contributed by atoms with van der Waals surface area (Å²) < 4.78 is 0. The molecule has 3 rings (SSSR count). The van der Waals surface area contributed by atoms with Crippen molar-refractivity contribution < 1.29 is 0 Å². The Bertz CT molecular complexity index is 550. The maximum absolute atomic E-state index is 4.40. The van der Waals surface area contributed by atoms with E-state index in [4.69, 9.17) is 0 Å². The first kappa shape index (κ1) is 14.2. The van der Waals surface area contributed by atoms with Gasteiger partial charge in [-0.15, -0.1) is 21.5 Å². The van der Waals surface area contributed by atoms with Crippen molar-refractivity contribution in [1.29, 1.82) is 0 Å². The van der Waals surface area contributed by atoms with Crippen LogP contribution < -0.4 is 5.32 Å². The largest absolute Gasteiger partial charge is 0.308 e. The van der Waals surface area contributed by atoms with Gasteiger partial charge in [0.05, 0.1) is 10.9 Å². The fourth-order valence-corrected chi connectivity index (χ4v) is 4.84. The molecule has 3 nitrogen and oxygen atoms in total. The van der Waals surface area contributed by atoms with E-state index in [1.165, 1.54) is 37.0 Å². The minimum atomic E-state index is 0.295. The molecule has 0 fully saturated rings. The van der Waals surface area contributed by atoms with Gasteiger partial charge in [0.1, 0.15) is 5.01 Å². The topological polar surface area (TPSA) is 37.8 Å². The number of nitrogens with zero attached hydrogens (tertiary/aromatic N) is 2. The molecule has 0 saturated heterocycles. The van der Waals surface area contributed by atoms with Crippen LogP contribution in [0.1, 0.15) is 54.6 Å². The first-order chi connectivity index (χ1) is 9.78. The zero-order valence-electron chi connectivity index (χ0n) is 12.1. The van der Waals surface area contributed by atoms with Gasteiger partial charge in [0.2, 0.25) is 0 Å². The molecule has 1 atom stereocenters. The van der Waals surface area contributed by atoms with Gasteiger partial charge in [0, 0.05) is 4.88 Å². The summed E-state index contributed by atoms with van der Waals surface area (Å²) in [6.45, 7) is 5.23. The van der Waals surface area contributed by atoms with Crippen molar-refractivity contribution in [3.63, 3.8) is 0 Å². The number of aromatic nitrogens is 2. The first-order valence-electron chi connectivity index (χ1n) is 7.46. The van der Waals surface area contributed by atoms with E-state index in [1.54, 1.807) is 21.8 Å². The number of thiophene rings is 1. The van der Waals surface area contributed by atoms with Gasteiger partial charge in [0.25, 0.3) is 0 Å². The summed E-state index contributed by atoms with van der Waals surface area (Å²) in [5, 5.41) is 14.3. The predicted octanol–water partition coefficient (Wildman–Crippen LogP) is 4.21. The Balaban J connectivity index is 1.83. The molecular weight excluding hydrogens is 286 g/mol. The molecule has 1 aliphatic carbocycles. The lowest BCUT2D eigenvalue weighted by Crippen LogP contribution is -2.17. The molecule has 2 aromatic rings. The highest BCUT2D eigenvalue weighted by Gasteiger charge is 2.17. The molecule has 0 saturated carbocycles. The summed E-state index contributed by atoms with van der Waals surface area (Å²) >= 11 is 3.66. The number of nitrogens with one attached hydrogen (secondary N) is 1. The van der Waals surface area contributed by atoms with Crippen molar-refractivity contribution in [3.05, 3.63) is 21.5 Å². The van der Waals surface area contributed by atoms with E-state index in [9.17, 15) is 0 Å². The Morgan fingerprint density at radius 3 is 2.90 bits per heavy atom. The van der Waals surface area contributed by atoms with Crippen molar-refractivity contribution in [1.82, 2.24) is 15.5 Å². The zero-order valence-corrected chi connectivity index (χ0v) is 13.7. The Kier molecular flexibility index (Phi) is 4.48. The third-order valence-electron chi connectivity index (χ3n) is 3.78. The van der Waals surface area contributed by atoms with Crippen LogP contribution in [-0.2, 0) is 12.8 Å². The van der Waals surface area contributed by atoms with E-state index < -0.39 is 0 Å². The van der Waals surface area contributed by atoms with Gasteiger partial charge in [-0.2, -0.15) is 0 Å². The molecule has 20 heavy (non-hydrogen) atoms. The molecule has 1 aliphatic rings. The zero-order chi connectivity index (χ0) is 13.9. The SMILES string of the molecule is CCNC(C)c1nnc(-c2cc3c(s2)CCCCC3)s1. The molecule has 0 aliphatic heterocycles. The van der Waals surface area contributed by atoms with Crippen molar-refractivity contribution in [3.8, 4) is 9.88 Å². The minimum absolute atomic E-state index is 0.295. The van der Waals surface area contributed by atoms with Crippen molar-refractivity contribution in [2.24, 2.45) is 0 Å². The molecule has 0 spiro atoms. The second kappa shape index (κ2) is 6.33. The average Bonchev–Trinajstić information content (AvgIpc) is 3.02. The fraction of sp³-hybridized carbons (Fsp3) is 0.600. The van der Waals surface area contributed by atoms with Crippen LogP contribution in [0.25, 0.3) is 9.88 Å². The smallest absolute Gasteiger partial charge is 0.157 e. The van der Waals surface area contributed by atoms with Gasteiger partial charge in [-0.25, -0.2) is 0 Å². The summed E-state index contributed by atoms with van der Waals surface area (Å²) in [5.41, 5.74) is 1.55. The molecule has 0 radical (unpaired) electrons. The Morgan fingerprint density at radius 2 is 2.05 bits per heavy atom. The summed E-state index contributed by atoms with van der Waals surface area (Å²) in [6.07, 6.45) is 6.54. The standard InChI is InChI=1S/C15H21N3S2/c1-3-16-10(2)14-17-18-15(20-14)13-9-11-7-5-4-6-8-12(11)19-13/h9-10,16H,3-8H2,1-2H3. The van der Waals surface area contributed by atoms with E-state index in [1.807, 2.05) is 11.3 Å². The molecule has 1 N–H and O–H groups in total. The van der Waals surface area contributed by atoms with E-state index in [-0.39, 0.29) is 0 Å². The van der Waals surface area contributed by atoms with E-state index in [2.05, 4.69) is 35.4 Å². The van der Waals surface area contributed by atoms with Crippen LogP contribution in [0.2, 0.25) is 0 Å². The molecular formula is C15H21N3S2.